The zero-order valence-corrected chi connectivity index (χ0v) is 11.8. The normalized spacial score (nSPS) is 13.4. The van der Waals surface area contributed by atoms with E-state index in [-0.39, 0.29) is 34.9 Å². The van der Waals surface area contributed by atoms with Gasteiger partial charge in [-0.25, -0.2) is 4.39 Å². The van der Waals surface area contributed by atoms with E-state index in [9.17, 15) is 9.18 Å². The predicted molar refractivity (Wildman–Crippen MR) is 74.7 cm³/mol. The van der Waals surface area contributed by atoms with Gasteiger partial charge in [0.15, 0.2) is 0 Å². The van der Waals surface area contributed by atoms with Crippen molar-refractivity contribution in [2.75, 3.05) is 5.32 Å². The zero-order chi connectivity index (χ0) is 13.0. The first-order chi connectivity index (χ1) is 7.95. The third-order valence-corrected chi connectivity index (χ3v) is 2.98. The van der Waals surface area contributed by atoms with Crippen LogP contribution in [-0.2, 0) is 4.79 Å². The van der Waals surface area contributed by atoms with Crippen molar-refractivity contribution in [3.63, 3.8) is 0 Å². The van der Waals surface area contributed by atoms with Crippen LogP contribution >= 0.6 is 24.0 Å². The third kappa shape index (κ3) is 4.44. The SMILES string of the molecule is CCC(C)C(N)C(=O)Nc1ccc(Cl)cc1F.Cl. The summed E-state index contributed by atoms with van der Waals surface area (Å²) < 4.78 is 13.4. The molecule has 6 heteroatoms. The molecule has 1 aromatic carbocycles. The Kier molecular flexibility index (Phi) is 7.21. The lowest BCUT2D eigenvalue weighted by atomic mass is 9.99. The van der Waals surface area contributed by atoms with Crippen molar-refractivity contribution in [3.8, 4) is 0 Å². The van der Waals surface area contributed by atoms with E-state index in [4.69, 9.17) is 17.3 Å². The number of halogens is 3. The van der Waals surface area contributed by atoms with Crippen LogP contribution in [0.15, 0.2) is 18.2 Å². The van der Waals surface area contributed by atoms with Gasteiger partial charge in [-0.1, -0.05) is 31.9 Å². The summed E-state index contributed by atoms with van der Waals surface area (Å²) in [6, 6.07) is 3.43. The second-order valence-electron chi connectivity index (χ2n) is 4.02. The van der Waals surface area contributed by atoms with Crippen molar-refractivity contribution in [2.45, 2.75) is 26.3 Å². The Balaban J connectivity index is 0.00000289. The number of benzene rings is 1. The van der Waals surface area contributed by atoms with Crippen LogP contribution in [0.4, 0.5) is 10.1 Å². The molecule has 0 heterocycles. The lowest BCUT2D eigenvalue weighted by molar-refractivity contribution is -0.118. The molecule has 0 aliphatic rings. The summed E-state index contributed by atoms with van der Waals surface area (Å²) in [6.45, 7) is 3.82. The van der Waals surface area contributed by atoms with Gasteiger partial charge in [0.1, 0.15) is 5.82 Å². The van der Waals surface area contributed by atoms with Gasteiger partial charge >= 0.3 is 0 Å². The van der Waals surface area contributed by atoms with E-state index < -0.39 is 11.9 Å². The number of hydrogen-bond acceptors (Lipinski definition) is 2. The highest BCUT2D eigenvalue weighted by Crippen LogP contribution is 2.19. The molecule has 1 amide bonds. The average Bonchev–Trinajstić information content (AvgIpc) is 2.30. The largest absolute Gasteiger partial charge is 0.322 e. The molecular formula is C12H17Cl2FN2O. The smallest absolute Gasteiger partial charge is 0.241 e. The number of nitrogens with two attached hydrogens (primary N) is 1. The van der Waals surface area contributed by atoms with Gasteiger partial charge in [0, 0.05) is 5.02 Å². The lowest BCUT2D eigenvalue weighted by Crippen LogP contribution is -2.40. The summed E-state index contributed by atoms with van der Waals surface area (Å²) in [5, 5.41) is 2.74. The van der Waals surface area contributed by atoms with Crippen LogP contribution in [0.2, 0.25) is 5.02 Å². The molecule has 1 aromatic rings. The van der Waals surface area contributed by atoms with Gasteiger partial charge in [-0.05, 0) is 24.1 Å². The fourth-order valence-corrected chi connectivity index (χ4v) is 1.48. The van der Waals surface area contributed by atoms with Crippen molar-refractivity contribution in [3.05, 3.63) is 29.0 Å². The number of nitrogens with one attached hydrogen (secondary N) is 1. The minimum atomic E-state index is -0.643. The quantitative estimate of drug-likeness (QED) is 0.896. The summed E-state index contributed by atoms with van der Waals surface area (Å²) >= 11 is 5.61. The molecule has 1 rings (SSSR count). The molecule has 0 fully saturated rings. The number of amides is 1. The molecule has 0 saturated heterocycles. The van der Waals surface area contributed by atoms with Crippen molar-refractivity contribution >= 4 is 35.6 Å². The average molecular weight is 295 g/mol. The number of anilines is 1. The molecular weight excluding hydrogens is 278 g/mol. The van der Waals surface area contributed by atoms with Crippen LogP contribution in [-0.4, -0.2) is 11.9 Å². The van der Waals surface area contributed by atoms with Crippen LogP contribution < -0.4 is 11.1 Å². The van der Waals surface area contributed by atoms with E-state index in [1.807, 2.05) is 13.8 Å². The fourth-order valence-electron chi connectivity index (χ4n) is 1.32. The summed E-state index contributed by atoms with van der Waals surface area (Å²) in [5.41, 5.74) is 5.83. The highest BCUT2D eigenvalue weighted by atomic mass is 35.5. The molecule has 2 unspecified atom stereocenters. The van der Waals surface area contributed by atoms with E-state index in [0.29, 0.717) is 0 Å². The third-order valence-electron chi connectivity index (χ3n) is 2.75. The first-order valence-corrected chi connectivity index (χ1v) is 5.85. The minimum Gasteiger partial charge on any atom is -0.322 e. The maximum Gasteiger partial charge on any atom is 0.241 e. The highest BCUT2D eigenvalue weighted by Gasteiger charge is 2.20. The van der Waals surface area contributed by atoms with Crippen LogP contribution in [0, 0.1) is 11.7 Å². The fraction of sp³-hybridized carbons (Fsp3) is 0.417. The maximum atomic E-state index is 13.4. The first-order valence-electron chi connectivity index (χ1n) is 5.47. The first kappa shape index (κ1) is 17.2. The maximum absolute atomic E-state index is 13.4. The predicted octanol–water partition coefficient (Wildman–Crippen LogP) is 3.21. The summed E-state index contributed by atoms with van der Waals surface area (Å²) in [5.74, 6) is -0.909. The molecule has 0 radical (unpaired) electrons. The Labute approximate surface area is 117 Å². The minimum absolute atomic E-state index is 0. The molecule has 0 saturated carbocycles. The van der Waals surface area contributed by atoms with Gasteiger partial charge < -0.3 is 11.1 Å². The van der Waals surface area contributed by atoms with E-state index in [2.05, 4.69) is 5.32 Å². The van der Waals surface area contributed by atoms with Crippen molar-refractivity contribution in [1.29, 1.82) is 0 Å². The van der Waals surface area contributed by atoms with E-state index in [0.717, 1.165) is 12.5 Å². The van der Waals surface area contributed by atoms with Crippen LogP contribution in [0.3, 0.4) is 0 Å². The monoisotopic (exact) mass is 294 g/mol. The topological polar surface area (TPSA) is 55.1 Å². The Morgan fingerprint density at radius 2 is 2.17 bits per heavy atom. The van der Waals surface area contributed by atoms with Gasteiger partial charge in [0.2, 0.25) is 5.91 Å². The van der Waals surface area contributed by atoms with Gasteiger partial charge in [-0.15, -0.1) is 12.4 Å². The standard InChI is InChI=1S/C12H16ClFN2O.ClH/c1-3-7(2)11(15)12(17)16-10-5-4-8(13)6-9(10)14;/h4-7,11H,3,15H2,1-2H3,(H,16,17);1H. The molecule has 3 nitrogen and oxygen atoms in total. The summed E-state index contributed by atoms with van der Waals surface area (Å²) in [6.07, 6.45) is 0.789. The number of carbonyl (C=O) groups excluding carboxylic acids is 1. The second kappa shape index (κ2) is 7.56. The molecule has 2 atom stereocenters. The number of rotatable bonds is 4. The molecule has 0 aromatic heterocycles. The van der Waals surface area contributed by atoms with Gasteiger partial charge in [-0.2, -0.15) is 0 Å². The highest BCUT2D eigenvalue weighted by molar-refractivity contribution is 6.30. The Morgan fingerprint density at radius 3 is 2.67 bits per heavy atom. The molecule has 0 bridgehead atoms. The lowest BCUT2D eigenvalue weighted by Gasteiger charge is -2.17. The zero-order valence-electron chi connectivity index (χ0n) is 10.2. The Bertz CT molecular complexity index is 415. The van der Waals surface area contributed by atoms with Crippen LogP contribution in [0.5, 0.6) is 0 Å². The van der Waals surface area contributed by atoms with Crippen LogP contribution in [0.25, 0.3) is 0 Å². The van der Waals surface area contributed by atoms with Crippen molar-refractivity contribution in [2.24, 2.45) is 11.7 Å². The van der Waals surface area contributed by atoms with Gasteiger partial charge in [0.25, 0.3) is 0 Å². The molecule has 102 valence electrons. The molecule has 0 aliphatic heterocycles. The molecule has 0 spiro atoms. The number of hydrogen-bond donors (Lipinski definition) is 2. The second-order valence-corrected chi connectivity index (χ2v) is 4.46. The molecule has 0 aliphatic carbocycles. The molecule has 3 N–H and O–H groups in total. The summed E-state index contributed by atoms with van der Waals surface area (Å²) in [4.78, 5) is 11.7. The van der Waals surface area contributed by atoms with Crippen molar-refractivity contribution < 1.29 is 9.18 Å². The van der Waals surface area contributed by atoms with Gasteiger partial charge in [0.05, 0.1) is 11.7 Å². The van der Waals surface area contributed by atoms with Gasteiger partial charge in [-0.3, -0.25) is 4.79 Å². The van der Waals surface area contributed by atoms with E-state index >= 15 is 0 Å². The Hall–Kier alpha value is -0.840. The van der Waals surface area contributed by atoms with E-state index in [1.165, 1.54) is 12.1 Å². The van der Waals surface area contributed by atoms with Crippen LogP contribution in [0.1, 0.15) is 20.3 Å². The molecule has 18 heavy (non-hydrogen) atoms. The Morgan fingerprint density at radius 1 is 1.56 bits per heavy atom. The van der Waals surface area contributed by atoms with E-state index in [1.54, 1.807) is 0 Å². The summed E-state index contributed by atoms with van der Waals surface area (Å²) in [7, 11) is 0. The number of carbonyl (C=O) groups is 1. The van der Waals surface area contributed by atoms with Crippen molar-refractivity contribution in [1.82, 2.24) is 0 Å².